The first kappa shape index (κ1) is 35.0. The molecule has 0 nitrogen and oxygen atoms in total. The quantitative estimate of drug-likeness (QED) is 0.202. The number of benzene rings is 3. The van der Waals surface area contributed by atoms with Gasteiger partial charge in [-0.3, -0.25) is 0 Å². The van der Waals surface area contributed by atoms with Crippen molar-refractivity contribution in [3.05, 3.63) is 104 Å². The first-order valence-electron chi connectivity index (χ1n) is 15.2. The van der Waals surface area contributed by atoms with Gasteiger partial charge in [0.1, 0.15) is 0 Å². The van der Waals surface area contributed by atoms with Gasteiger partial charge < -0.3 is 0 Å². The van der Waals surface area contributed by atoms with Crippen molar-refractivity contribution in [2.45, 2.75) is 91.1 Å². The zero-order chi connectivity index (χ0) is 29.5. The van der Waals surface area contributed by atoms with Gasteiger partial charge in [0.05, 0.1) is 0 Å². The summed E-state index contributed by atoms with van der Waals surface area (Å²) in [6, 6.07) is 23.7. The van der Waals surface area contributed by atoms with Crippen LogP contribution in [0, 0.1) is 11.3 Å². The molecular formula is C39H52Cl2Zr. The predicted molar refractivity (Wildman–Crippen MR) is 190 cm³/mol. The maximum absolute atomic E-state index is 5.52. The summed E-state index contributed by atoms with van der Waals surface area (Å²) < 4.78 is 12.8. The van der Waals surface area contributed by atoms with Crippen molar-refractivity contribution in [3.8, 4) is 11.1 Å². The van der Waals surface area contributed by atoms with Crippen molar-refractivity contribution < 1.29 is 18.3 Å². The number of fused-ring (bicyclic) bond motifs is 3. The molecule has 0 fully saturated rings. The number of hydrogen-bond donors (Lipinski definition) is 0. The molecule has 0 radical (unpaired) electrons. The van der Waals surface area contributed by atoms with Gasteiger partial charge in [-0.15, -0.1) is 24.8 Å². The molecule has 0 bridgehead atoms. The standard InChI is InChI=1S/C21H25.C10H15.C6H5.CH3.CH2.2ClH.Zr/c1-20(2,3)16-9-7-14-11-15-8-10-17(21(4,5)6)13-19(15)18(14)12-16;1-8-5-6-9(7-8)10(2,3)4;1-2-4-6-5-3-1;;;;;/h7,9-10,12-13H,11H2,1-6H3;6-8H,1-4H3;1-5H;1H3;1H2;2*1H;. The predicted octanol–water partition coefficient (Wildman–Crippen LogP) is 10.3. The first-order chi connectivity index (χ1) is 18.3. The topological polar surface area (TPSA) is 0 Å². The van der Waals surface area contributed by atoms with Gasteiger partial charge in [0.2, 0.25) is 0 Å². The summed E-state index contributed by atoms with van der Waals surface area (Å²) in [6.07, 6.45) is 6.10. The van der Waals surface area contributed by atoms with E-state index in [9.17, 15) is 0 Å². The number of hydrogen-bond acceptors (Lipinski definition) is 0. The average Bonchev–Trinajstić information content (AvgIpc) is 3.44. The maximum atomic E-state index is 5.52. The van der Waals surface area contributed by atoms with Gasteiger partial charge in [0.25, 0.3) is 0 Å². The van der Waals surface area contributed by atoms with Crippen LogP contribution in [-0.4, -0.2) is 4.21 Å². The van der Waals surface area contributed by atoms with Crippen LogP contribution >= 0.6 is 24.8 Å². The second-order valence-corrected chi connectivity index (χ2v) is 30.3. The summed E-state index contributed by atoms with van der Waals surface area (Å²) >= 11 is -4.33. The third kappa shape index (κ3) is 5.69. The van der Waals surface area contributed by atoms with Crippen molar-refractivity contribution in [1.29, 1.82) is 0 Å². The second kappa shape index (κ2) is 11.1. The van der Waals surface area contributed by atoms with Crippen LogP contribution in [0.4, 0.5) is 0 Å². The van der Waals surface area contributed by atoms with E-state index in [1.165, 1.54) is 42.2 Å². The number of allylic oxidation sites excluding steroid dienone is 4. The summed E-state index contributed by atoms with van der Waals surface area (Å²) in [5.41, 5.74) is 10.4. The molecule has 0 saturated carbocycles. The van der Waals surface area contributed by atoms with E-state index in [0.29, 0.717) is 5.92 Å². The molecule has 1 atom stereocenters. The molecule has 42 heavy (non-hydrogen) atoms. The number of rotatable bonds is 3. The molecule has 0 saturated heterocycles. The van der Waals surface area contributed by atoms with Gasteiger partial charge in [0, 0.05) is 0 Å². The SMILES string of the molecule is Cl.Cl.[CH2]=[Zr]([CH3])([C]1=CC(C(C)(C)C)=CC1C)([c]1ccccc1)[c]1cc(C(C)(C)C)cc2c1Cc1ccc(C(C)(C)C)cc1-2. The second-order valence-electron chi connectivity index (χ2n) is 16.2. The Morgan fingerprint density at radius 3 is 1.81 bits per heavy atom. The molecule has 226 valence electrons. The van der Waals surface area contributed by atoms with Crippen molar-refractivity contribution in [1.82, 2.24) is 0 Å². The molecule has 3 aromatic rings. The van der Waals surface area contributed by atoms with E-state index in [1.807, 2.05) is 0 Å². The molecule has 2 aliphatic rings. The Hall–Kier alpha value is -1.53. The third-order valence-corrected chi connectivity index (χ3v) is 24.6. The molecule has 0 aromatic heterocycles. The summed E-state index contributed by atoms with van der Waals surface area (Å²) in [4.78, 5) is 0. The molecule has 0 aliphatic heterocycles. The van der Waals surface area contributed by atoms with Crippen molar-refractivity contribution >= 4 is 35.6 Å². The van der Waals surface area contributed by atoms with Crippen LogP contribution in [0.3, 0.4) is 0 Å². The first-order valence-corrected chi connectivity index (χ1v) is 23.1. The van der Waals surface area contributed by atoms with Gasteiger partial charge in [0.15, 0.2) is 0 Å². The Morgan fingerprint density at radius 1 is 0.714 bits per heavy atom. The van der Waals surface area contributed by atoms with Gasteiger partial charge in [-0.2, -0.15) is 0 Å². The zero-order valence-corrected chi connectivity index (χ0v) is 31.8. The van der Waals surface area contributed by atoms with Crippen molar-refractivity contribution in [3.63, 3.8) is 0 Å². The molecule has 3 aromatic carbocycles. The number of halogens is 2. The summed E-state index contributed by atoms with van der Waals surface area (Å²) in [5, 5.41) is 0. The van der Waals surface area contributed by atoms with Crippen LogP contribution in [0.5, 0.6) is 0 Å². The monoisotopic (exact) mass is 680 g/mol. The molecule has 5 rings (SSSR count). The minimum absolute atomic E-state index is 0. The van der Waals surface area contributed by atoms with E-state index in [4.69, 9.17) is 4.21 Å². The van der Waals surface area contributed by atoms with Gasteiger partial charge in [-0.25, -0.2) is 0 Å². The summed E-state index contributed by atoms with van der Waals surface area (Å²) in [6.45, 7) is 23.5. The molecule has 0 amide bonds. The summed E-state index contributed by atoms with van der Waals surface area (Å²) in [7, 11) is 0. The van der Waals surface area contributed by atoms with E-state index in [0.717, 1.165) is 6.42 Å². The fourth-order valence-electron chi connectivity index (χ4n) is 7.13. The minimum atomic E-state index is -4.33. The van der Waals surface area contributed by atoms with Gasteiger partial charge >= 0.3 is 247 Å². The van der Waals surface area contributed by atoms with Crippen LogP contribution < -0.4 is 6.54 Å². The molecule has 0 spiro atoms. The van der Waals surface area contributed by atoms with E-state index in [-0.39, 0.29) is 41.1 Å². The Kier molecular flexibility index (Phi) is 9.26. The van der Waals surface area contributed by atoms with Crippen LogP contribution in [0.25, 0.3) is 11.1 Å². The molecule has 0 heterocycles. The van der Waals surface area contributed by atoms with Crippen LogP contribution in [0.2, 0.25) is 4.63 Å². The van der Waals surface area contributed by atoms with E-state index >= 15 is 0 Å². The Balaban J connectivity index is 0.00000242. The normalized spacial score (nSPS) is 17.0. The molecule has 0 N–H and O–H groups in total. The van der Waals surface area contributed by atoms with Crippen LogP contribution in [-0.2, 0) is 35.5 Å². The Morgan fingerprint density at radius 2 is 1.29 bits per heavy atom. The van der Waals surface area contributed by atoms with Gasteiger partial charge in [-0.1, -0.05) is 0 Å². The fraction of sp³-hybridized carbons (Fsp3) is 0.410. The summed E-state index contributed by atoms with van der Waals surface area (Å²) in [5.74, 6) is 0.382. The van der Waals surface area contributed by atoms with E-state index in [1.54, 1.807) is 6.55 Å². The van der Waals surface area contributed by atoms with Crippen molar-refractivity contribution in [2.75, 3.05) is 0 Å². The van der Waals surface area contributed by atoms with Crippen molar-refractivity contribution in [2.24, 2.45) is 11.3 Å². The van der Waals surface area contributed by atoms with Crippen LogP contribution in [0.1, 0.15) is 91.5 Å². The molecule has 3 heteroatoms. The zero-order valence-electron chi connectivity index (χ0n) is 27.7. The van der Waals surface area contributed by atoms with Crippen LogP contribution in [0.15, 0.2) is 81.7 Å². The Bertz CT molecular complexity index is 1630. The fourth-order valence-corrected chi connectivity index (χ4v) is 20.6. The van der Waals surface area contributed by atoms with E-state index < -0.39 is 18.3 Å². The average molecular weight is 683 g/mol. The van der Waals surface area contributed by atoms with E-state index in [2.05, 4.69) is 147 Å². The molecule has 2 aliphatic carbocycles. The Labute approximate surface area is 269 Å². The molecular weight excluding hydrogens is 631 g/mol. The third-order valence-electron chi connectivity index (χ3n) is 9.91. The van der Waals surface area contributed by atoms with Gasteiger partial charge in [-0.05, 0) is 0 Å². The molecule has 1 unspecified atom stereocenters.